The predicted molar refractivity (Wildman–Crippen MR) is 103 cm³/mol. The van der Waals surface area contributed by atoms with Gasteiger partial charge in [-0.1, -0.05) is 36.4 Å². The molecule has 0 aliphatic heterocycles. The molecule has 2 N–H and O–H groups in total. The Kier molecular flexibility index (Phi) is 3.89. The number of nitrogens with one attached hydrogen (secondary N) is 1. The molecule has 0 fully saturated rings. The monoisotopic (exact) mass is 343 g/mol. The van der Waals surface area contributed by atoms with E-state index in [-0.39, 0.29) is 16.6 Å². The van der Waals surface area contributed by atoms with Crippen molar-refractivity contribution in [3.05, 3.63) is 88.7 Å². The first kappa shape index (κ1) is 15.9. The average molecular weight is 343 g/mol. The number of nitrogens with zero attached hydrogens (tertiary/aromatic N) is 2. The highest BCUT2D eigenvalue weighted by Crippen LogP contribution is 2.28. The first-order chi connectivity index (χ1) is 12.6. The summed E-state index contributed by atoms with van der Waals surface area (Å²) in [7, 11) is 0. The molecule has 0 radical (unpaired) electrons. The Labute approximate surface area is 150 Å². The third-order valence-electron chi connectivity index (χ3n) is 4.14. The van der Waals surface area contributed by atoms with Crippen LogP contribution in [0.15, 0.2) is 77.6 Å². The molecule has 0 unspecified atom stereocenters. The van der Waals surface area contributed by atoms with Crippen LogP contribution in [-0.4, -0.2) is 14.7 Å². The van der Waals surface area contributed by atoms with E-state index in [4.69, 9.17) is 0 Å². The van der Waals surface area contributed by atoms with Gasteiger partial charge < -0.3 is 10.4 Å². The average Bonchev–Trinajstić information content (AvgIpc) is 2.62. The molecular weight excluding hydrogens is 326 g/mol. The molecule has 0 atom stereocenters. The zero-order valence-corrected chi connectivity index (χ0v) is 14.2. The van der Waals surface area contributed by atoms with Crippen LogP contribution >= 0.6 is 0 Å². The van der Waals surface area contributed by atoms with E-state index in [2.05, 4.69) is 10.3 Å². The number of aryl methyl sites for hydroxylation is 1. The maximum Gasteiger partial charge on any atom is 0.196 e. The quantitative estimate of drug-likeness (QED) is 0.586. The third-order valence-corrected chi connectivity index (χ3v) is 4.14. The molecule has 5 heteroatoms. The second-order valence-electron chi connectivity index (χ2n) is 6.04. The van der Waals surface area contributed by atoms with Crippen LogP contribution in [0.25, 0.3) is 16.7 Å². The maximum atomic E-state index is 12.7. The fourth-order valence-corrected chi connectivity index (χ4v) is 3.01. The molecule has 2 heterocycles. The third kappa shape index (κ3) is 2.80. The molecule has 0 spiro atoms. The summed E-state index contributed by atoms with van der Waals surface area (Å²) in [5, 5.41) is 13.8. The fourth-order valence-electron chi connectivity index (χ4n) is 3.01. The highest BCUT2D eigenvalue weighted by molar-refractivity contribution is 5.86. The molecule has 0 saturated heterocycles. The highest BCUT2D eigenvalue weighted by Gasteiger charge is 2.16. The minimum atomic E-state index is -0.282. The Morgan fingerprint density at radius 2 is 1.62 bits per heavy atom. The van der Waals surface area contributed by atoms with Crippen molar-refractivity contribution in [2.24, 2.45) is 0 Å². The van der Waals surface area contributed by atoms with E-state index in [9.17, 15) is 9.90 Å². The Morgan fingerprint density at radius 1 is 0.962 bits per heavy atom. The van der Waals surface area contributed by atoms with Crippen molar-refractivity contribution in [3.8, 4) is 11.4 Å². The van der Waals surface area contributed by atoms with E-state index in [0.29, 0.717) is 17.2 Å². The Balaban J connectivity index is 2.06. The molecule has 0 bridgehead atoms. The van der Waals surface area contributed by atoms with Crippen molar-refractivity contribution < 1.29 is 5.11 Å². The Bertz CT molecular complexity index is 1140. The SMILES string of the molecule is Cc1cc(O)c2c(=O)cc(Nc3ccccc3)n(-c3ccccc3)c2n1. The lowest BCUT2D eigenvalue weighted by molar-refractivity contribution is 0.480. The van der Waals surface area contributed by atoms with Crippen LogP contribution in [-0.2, 0) is 0 Å². The van der Waals surface area contributed by atoms with Gasteiger partial charge >= 0.3 is 0 Å². The molecule has 0 aliphatic rings. The largest absolute Gasteiger partial charge is 0.507 e. The number of aromatic hydroxyl groups is 1. The molecule has 2 aromatic heterocycles. The molecule has 26 heavy (non-hydrogen) atoms. The topological polar surface area (TPSA) is 67.2 Å². The van der Waals surface area contributed by atoms with Crippen LogP contribution in [0.2, 0.25) is 0 Å². The molecule has 0 saturated carbocycles. The summed E-state index contributed by atoms with van der Waals surface area (Å²) in [6.07, 6.45) is 0. The van der Waals surface area contributed by atoms with Gasteiger partial charge in [0.25, 0.3) is 0 Å². The lowest BCUT2D eigenvalue weighted by Crippen LogP contribution is -2.14. The van der Waals surface area contributed by atoms with E-state index >= 15 is 0 Å². The number of hydrogen-bond donors (Lipinski definition) is 2. The van der Waals surface area contributed by atoms with Crippen LogP contribution in [0, 0.1) is 6.92 Å². The van der Waals surface area contributed by atoms with Gasteiger partial charge in [0.2, 0.25) is 0 Å². The lowest BCUT2D eigenvalue weighted by atomic mass is 10.2. The number of hydrogen-bond acceptors (Lipinski definition) is 4. The summed E-state index contributed by atoms with van der Waals surface area (Å²) in [4.78, 5) is 17.2. The van der Waals surface area contributed by atoms with Crippen LogP contribution in [0.4, 0.5) is 11.5 Å². The van der Waals surface area contributed by atoms with E-state index < -0.39 is 0 Å². The standard InChI is InChI=1S/C21H17N3O2/c1-14-12-17(25)20-18(26)13-19(23-15-8-4-2-5-9-15)24(21(20)22-14)16-10-6-3-7-11-16/h2-13,23H,1H3,(H,22,25). The summed E-state index contributed by atoms with van der Waals surface area (Å²) < 4.78 is 1.84. The Morgan fingerprint density at radius 3 is 2.31 bits per heavy atom. The van der Waals surface area contributed by atoms with Gasteiger partial charge in [-0.05, 0) is 31.2 Å². The number of aromatic nitrogens is 2. The van der Waals surface area contributed by atoms with Crippen molar-refractivity contribution in [1.82, 2.24) is 9.55 Å². The zero-order valence-electron chi connectivity index (χ0n) is 14.2. The van der Waals surface area contributed by atoms with Gasteiger partial charge in [0.05, 0.1) is 0 Å². The predicted octanol–water partition coefficient (Wildman–Crippen LogP) is 4.14. The van der Waals surface area contributed by atoms with Gasteiger partial charge in [0, 0.05) is 29.2 Å². The van der Waals surface area contributed by atoms with Gasteiger partial charge in [-0.3, -0.25) is 9.36 Å². The van der Waals surface area contributed by atoms with Crippen LogP contribution < -0.4 is 10.7 Å². The Hall–Kier alpha value is -3.60. The molecule has 0 amide bonds. The van der Waals surface area contributed by atoms with Gasteiger partial charge in [-0.15, -0.1) is 0 Å². The van der Waals surface area contributed by atoms with Crippen molar-refractivity contribution in [3.63, 3.8) is 0 Å². The smallest absolute Gasteiger partial charge is 0.196 e. The van der Waals surface area contributed by atoms with Gasteiger partial charge in [-0.25, -0.2) is 4.98 Å². The highest BCUT2D eigenvalue weighted by atomic mass is 16.3. The summed E-state index contributed by atoms with van der Waals surface area (Å²) >= 11 is 0. The van der Waals surface area contributed by atoms with Crippen molar-refractivity contribution in [1.29, 1.82) is 0 Å². The second kappa shape index (κ2) is 6.37. The van der Waals surface area contributed by atoms with Crippen molar-refractivity contribution in [2.75, 3.05) is 5.32 Å². The minimum absolute atomic E-state index is 0.0616. The zero-order chi connectivity index (χ0) is 18.1. The molecule has 2 aromatic carbocycles. The molecule has 5 nitrogen and oxygen atoms in total. The molecule has 4 rings (SSSR count). The molecule has 128 valence electrons. The van der Waals surface area contributed by atoms with E-state index in [0.717, 1.165) is 11.4 Å². The number of benzene rings is 2. The van der Waals surface area contributed by atoms with E-state index in [1.807, 2.05) is 65.2 Å². The van der Waals surface area contributed by atoms with Crippen molar-refractivity contribution in [2.45, 2.75) is 6.92 Å². The van der Waals surface area contributed by atoms with E-state index in [1.165, 1.54) is 12.1 Å². The second-order valence-corrected chi connectivity index (χ2v) is 6.04. The molecule has 0 aliphatic carbocycles. The summed E-state index contributed by atoms with van der Waals surface area (Å²) in [5.41, 5.74) is 2.47. The fraction of sp³-hybridized carbons (Fsp3) is 0.0476. The molecular formula is C21H17N3O2. The summed E-state index contributed by atoms with van der Waals surface area (Å²) in [5.74, 6) is 0.519. The minimum Gasteiger partial charge on any atom is -0.507 e. The number of rotatable bonds is 3. The summed E-state index contributed by atoms with van der Waals surface area (Å²) in [6.45, 7) is 1.79. The maximum absolute atomic E-state index is 12.7. The van der Waals surface area contributed by atoms with Gasteiger partial charge in [-0.2, -0.15) is 0 Å². The van der Waals surface area contributed by atoms with Crippen LogP contribution in [0.1, 0.15) is 5.69 Å². The normalized spacial score (nSPS) is 10.8. The lowest BCUT2D eigenvalue weighted by Gasteiger charge is -2.18. The van der Waals surface area contributed by atoms with Crippen LogP contribution in [0.5, 0.6) is 5.75 Å². The van der Waals surface area contributed by atoms with Crippen molar-refractivity contribution >= 4 is 22.5 Å². The molecule has 4 aromatic rings. The number of pyridine rings is 2. The van der Waals surface area contributed by atoms with Gasteiger partial charge in [0.15, 0.2) is 11.1 Å². The number of fused-ring (bicyclic) bond motifs is 1. The first-order valence-corrected chi connectivity index (χ1v) is 8.27. The first-order valence-electron chi connectivity index (χ1n) is 8.27. The number of para-hydroxylation sites is 2. The van der Waals surface area contributed by atoms with E-state index in [1.54, 1.807) is 6.92 Å². The summed E-state index contributed by atoms with van der Waals surface area (Å²) in [6, 6.07) is 22.2. The van der Waals surface area contributed by atoms with Gasteiger partial charge in [0.1, 0.15) is 17.0 Å². The van der Waals surface area contributed by atoms with Crippen LogP contribution in [0.3, 0.4) is 0 Å². The number of anilines is 2.